The molecule has 1 fully saturated rings. The number of nitrogens with one attached hydrogen (secondary N) is 1. The Labute approximate surface area is 142 Å². The van der Waals surface area contributed by atoms with Gasteiger partial charge in [0.1, 0.15) is 23.4 Å². The van der Waals surface area contributed by atoms with Crippen molar-refractivity contribution in [2.45, 2.75) is 25.9 Å². The largest absolute Gasteiger partial charge is 0.490 e. The molecule has 3 rings (SSSR count). The molecule has 2 atom stereocenters. The monoisotopic (exact) mass is 327 g/mol. The summed E-state index contributed by atoms with van der Waals surface area (Å²) >= 11 is 0. The van der Waals surface area contributed by atoms with Gasteiger partial charge < -0.3 is 26.3 Å². The molecule has 0 saturated carbocycles. The molecule has 0 radical (unpaired) electrons. The second-order valence-electron chi connectivity index (χ2n) is 6.18. The van der Waals surface area contributed by atoms with Gasteiger partial charge in [0.25, 0.3) is 0 Å². The Balaban J connectivity index is 1.63. The summed E-state index contributed by atoms with van der Waals surface area (Å²) in [6.07, 6.45) is 2.44. The van der Waals surface area contributed by atoms with Crippen LogP contribution in [0.3, 0.4) is 0 Å². The number of rotatable bonds is 6. The number of benzene rings is 2. The van der Waals surface area contributed by atoms with Crippen molar-refractivity contribution in [3.05, 3.63) is 42.5 Å². The van der Waals surface area contributed by atoms with Crippen LogP contribution in [0.2, 0.25) is 0 Å². The SMILES string of the molecule is CCC(Oc1ccc(Oc2ccc(N)c(N)c2)cc1)C1CCNC1. The van der Waals surface area contributed by atoms with E-state index in [-0.39, 0.29) is 6.10 Å². The second-order valence-corrected chi connectivity index (χ2v) is 6.18. The fourth-order valence-corrected chi connectivity index (χ4v) is 3.02. The molecule has 24 heavy (non-hydrogen) atoms. The molecule has 128 valence electrons. The Morgan fingerprint density at radius 2 is 1.75 bits per heavy atom. The minimum atomic E-state index is 0.253. The number of nitrogen functional groups attached to an aromatic ring is 2. The van der Waals surface area contributed by atoms with Crippen LogP contribution >= 0.6 is 0 Å². The first-order chi connectivity index (χ1) is 11.7. The average Bonchev–Trinajstić information content (AvgIpc) is 3.12. The van der Waals surface area contributed by atoms with Gasteiger partial charge in [0.15, 0.2) is 0 Å². The van der Waals surface area contributed by atoms with Crippen LogP contribution in [-0.2, 0) is 0 Å². The maximum atomic E-state index is 6.16. The summed E-state index contributed by atoms with van der Waals surface area (Å²) in [4.78, 5) is 0. The van der Waals surface area contributed by atoms with Crippen molar-refractivity contribution >= 4 is 11.4 Å². The van der Waals surface area contributed by atoms with E-state index in [2.05, 4.69) is 12.2 Å². The first-order valence-electron chi connectivity index (χ1n) is 8.46. The molecule has 1 heterocycles. The van der Waals surface area contributed by atoms with Gasteiger partial charge in [0.2, 0.25) is 0 Å². The molecule has 0 bridgehead atoms. The van der Waals surface area contributed by atoms with Crippen LogP contribution in [-0.4, -0.2) is 19.2 Å². The van der Waals surface area contributed by atoms with Crippen LogP contribution in [0.4, 0.5) is 11.4 Å². The Morgan fingerprint density at radius 1 is 1.04 bits per heavy atom. The van der Waals surface area contributed by atoms with Crippen molar-refractivity contribution < 1.29 is 9.47 Å². The molecule has 5 nitrogen and oxygen atoms in total. The molecule has 5 heteroatoms. The predicted molar refractivity (Wildman–Crippen MR) is 97.5 cm³/mol. The van der Waals surface area contributed by atoms with Crippen LogP contribution < -0.4 is 26.3 Å². The van der Waals surface area contributed by atoms with Gasteiger partial charge in [-0.1, -0.05) is 6.92 Å². The molecule has 1 saturated heterocycles. The van der Waals surface area contributed by atoms with E-state index < -0.39 is 0 Å². The van der Waals surface area contributed by atoms with E-state index in [4.69, 9.17) is 20.9 Å². The zero-order valence-electron chi connectivity index (χ0n) is 14.0. The molecule has 0 amide bonds. The molecule has 5 N–H and O–H groups in total. The van der Waals surface area contributed by atoms with Crippen LogP contribution in [0.5, 0.6) is 17.2 Å². The summed E-state index contributed by atoms with van der Waals surface area (Å²) in [6, 6.07) is 13.0. The van der Waals surface area contributed by atoms with Crippen LogP contribution in [0.15, 0.2) is 42.5 Å². The fraction of sp³-hybridized carbons (Fsp3) is 0.368. The molecular weight excluding hydrogens is 302 g/mol. The van der Waals surface area contributed by atoms with E-state index in [1.807, 2.05) is 24.3 Å². The Hall–Kier alpha value is -2.40. The van der Waals surface area contributed by atoms with E-state index in [9.17, 15) is 0 Å². The van der Waals surface area contributed by atoms with Crippen LogP contribution in [0.1, 0.15) is 19.8 Å². The zero-order chi connectivity index (χ0) is 16.9. The number of hydrogen-bond donors (Lipinski definition) is 3. The van der Waals surface area contributed by atoms with Crippen molar-refractivity contribution in [1.29, 1.82) is 0 Å². The molecule has 2 unspecified atom stereocenters. The first-order valence-corrected chi connectivity index (χ1v) is 8.46. The van der Waals surface area contributed by atoms with E-state index in [1.54, 1.807) is 18.2 Å². The molecular formula is C19H25N3O2. The summed E-state index contributed by atoms with van der Waals surface area (Å²) in [6.45, 7) is 4.30. The van der Waals surface area contributed by atoms with Gasteiger partial charge in [-0.2, -0.15) is 0 Å². The van der Waals surface area contributed by atoms with Crippen molar-refractivity contribution in [1.82, 2.24) is 5.32 Å². The average molecular weight is 327 g/mol. The number of ether oxygens (including phenoxy) is 2. The highest BCUT2D eigenvalue weighted by molar-refractivity contribution is 5.65. The molecule has 1 aliphatic heterocycles. The molecule has 0 aliphatic carbocycles. The van der Waals surface area contributed by atoms with Gasteiger partial charge in [0, 0.05) is 18.5 Å². The van der Waals surface area contributed by atoms with Crippen LogP contribution in [0.25, 0.3) is 0 Å². The van der Waals surface area contributed by atoms with Gasteiger partial charge in [0.05, 0.1) is 11.4 Å². The summed E-state index contributed by atoms with van der Waals surface area (Å²) in [5.41, 5.74) is 12.6. The summed E-state index contributed by atoms with van der Waals surface area (Å²) in [5, 5.41) is 3.40. The molecule has 2 aromatic carbocycles. The molecule has 1 aliphatic rings. The highest BCUT2D eigenvalue weighted by atomic mass is 16.5. The van der Waals surface area contributed by atoms with Crippen molar-refractivity contribution in [3.8, 4) is 17.2 Å². The van der Waals surface area contributed by atoms with Gasteiger partial charge in [-0.15, -0.1) is 0 Å². The predicted octanol–water partition coefficient (Wildman–Crippen LogP) is 3.41. The number of hydrogen-bond acceptors (Lipinski definition) is 5. The van der Waals surface area contributed by atoms with Crippen molar-refractivity contribution in [2.24, 2.45) is 5.92 Å². The fourth-order valence-electron chi connectivity index (χ4n) is 3.02. The third-order valence-electron chi connectivity index (χ3n) is 4.43. The zero-order valence-corrected chi connectivity index (χ0v) is 14.0. The Morgan fingerprint density at radius 3 is 2.38 bits per heavy atom. The highest BCUT2D eigenvalue weighted by Gasteiger charge is 2.24. The van der Waals surface area contributed by atoms with Gasteiger partial charge in [-0.25, -0.2) is 0 Å². The van der Waals surface area contributed by atoms with E-state index in [0.29, 0.717) is 23.0 Å². The third kappa shape index (κ3) is 3.92. The minimum absolute atomic E-state index is 0.253. The summed E-state index contributed by atoms with van der Waals surface area (Å²) in [5.74, 6) is 2.86. The maximum Gasteiger partial charge on any atom is 0.129 e. The quantitative estimate of drug-likeness (QED) is 0.708. The van der Waals surface area contributed by atoms with Gasteiger partial charge in [-0.3, -0.25) is 0 Å². The van der Waals surface area contributed by atoms with E-state index in [1.165, 1.54) is 6.42 Å². The second kappa shape index (κ2) is 7.45. The van der Waals surface area contributed by atoms with Crippen LogP contribution in [0, 0.1) is 5.92 Å². The Bertz CT molecular complexity index is 667. The number of anilines is 2. The molecule has 0 spiro atoms. The van der Waals surface area contributed by atoms with Crippen molar-refractivity contribution in [3.63, 3.8) is 0 Å². The molecule has 0 aromatic heterocycles. The molecule has 2 aromatic rings. The summed E-state index contributed by atoms with van der Waals surface area (Å²) < 4.78 is 12.0. The topological polar surface area (TPSA) is 82.5 Å². The lowest BCUT2D eigenvalue weighted by Gasteiger charge is -2.23. The lowest BCUT2D eigenvalue weighted by Crippen LogP contribution is -2.28. The van der Waals surface area contributed by atoms with E-state index in [0.717, 1.165) is 31.0 Å². The third-order valence-corrected chi connectivity index (χ3v) is 4.43. The normalized spacial score (nSPS) is 18.3. The van der Waals surface area contributed by atoms with Gasteiger partial charge >= 0.3 is 0 Å². The maximum absolute atomic E-state index is 6.16. The van der Waals surface area contributed by atoms with E-state index >= 15 is 0 Å². The lowest BCUT2D eigenvalue weighted by atomic mass is 9.99. The lowest BCUT2D eigenvalue weighted by molar-refractivity contribution is 0.138. The first kappa shape index (κ1) is 16.5. The highest BCUT2D eigenvalue weighted by Crippen LogP contribution is 2.29. The van der Waals surface area contributed by atoms with Crippen molar-refractivity contribution in [2.75, 3.05) is 24.6 Å². The Kier molecular flexibility index (Phi) is 5.11. The smallest absolute Gasteiger partial charge is 0.129 e. The summed E-state index contributed by atoms with van der Waals surface area (Å²) in [7, 11) is 0. The standard InChI is InChI=1S/C19H25N3O2/c1-2-19(13-9-10-22-12-13)24-15-5-3-14(4-6-15)23-16-7-8-17(20)18(21)11-16/h3-8,11,13,19,22H,2,9-10,12,20-21H2,1H3. The minimum Gasteiger partial charge on any atom is -0.490 e. The number of nitrogens with two attached hydrogens (primary N) is 2. The van der Waals surface area contributed by atoms with Gasteiger partial charge in [-0.05, 0) is 55.8 Å².